The van der Waals surface area contributed by atoms with Crippen molar-refractivity contribution in [1.82, 2.24) is 0 Å². The van der Waals surface area contributed by atoms with E-state index < -0.39 is 10.9 Å². The van der Waals surface area contributed by atoms with Crippen molar-refractivity contribution < 1.29 is 24.0 Å². The van der Waals surface area contributed by atoms with Crippen LogP contribution in [0.3, 0.4) is 0 Å². The zero-order valence-electron chi connectivity index (χ0n) is 16.0. The summed E-state index contributed by atoms with van der Waals surface area (Å²) in [7, 11) is 1.53. The summed E-state index contributed by atoms with van der Waals surface area (Å²) in [6, 6.07) is 18.7. The number of hydrogen-bond acceptors (Lipinski definition) is 6. The van der Waals surface area contributed by atoms with Crippen molar-refractivity contribution in [3.63, 3.8) is 0 Å². The summed E-state index contributed by atoms with van der Waals surface area (Å²) in [5.41, 5.74) is 0.973. The van der Waals surface area contributed by atoms with Crippen LogP contribution in [0.4, 0.5) is 5.69 Å². The van der Waals surface area contributed by atoms with Crippen LogP contribution in [0.1, 0.15) is 26.3 Å². The third-order valence-corrected chi connectivity index (χ3v) is 4.22. The number of methoxy groups -OCH3 is 1. The van der Waals surface area contributed by atoms with Crippen LogP contribution in [0.25, 0.3) is 6.08 Å². The van der Waals surface area contributed by atoms with Crippen LogP contribution in [0.5, 0.6) is 11.5 Å². The van der Waals surface area contributed by atoms with Gasteiger partial charge in [-0.1, -0.05) is 12.1 Å². The Hall–Kier alpha value is -4.26. The lowest BCUT2D eigenvalue weighted by Gasteiger charge is -2.06. The molecule has 7 nitrogen and oxygen atoms in total. The number of esters is 1. The second kappa shape index (κ2) is 9.29. The van der Waals surface area contributed by atoms with Crippen molar-refractivity contribution >= 4 is 23.5 Å². The summed E-state index contributed by atoms with van der Waals surface area (Å²) in [5.74, 6) is 0.0487. The number of hydrogen-bond donors (Lipinski definition) is 0. The van der Waals surface area contributed by atoms with E-state index in [1.165, 1.54) is 49.6 Å². The van der Waals surface area contributed by atoms with Gasteiger partial charge in [-0.05, 0) is 66.7 Å². The molecule has 0 spiro atoms. The van der Waals surface area contributed by atoms with Gasteiger partial charge in [0.25, 0.3) is 5.69 Å². The second-order valence-corrected chi connectivity index (χ2v) is 6.16. The number of carbonyl (C=O) groups is 2. The minimum Gasteiger partial charge on any atom is -0.497 e. The number of ether oxygens (including phenoxy) is 2. The monoisotopic (exact) mass is 403 g/mol. The molecule has 0 aliphatic rings. The Bertz CT molecular complexity index is 1100. The average molecular weight is 403 g/mol. The molecule has 0 bridgehead atoms. The van der Waals surface area contributed by atoms with Gasteiger partial charge in [0, 0.05) is 11.6 Å². The minimum atomic E-state index is -0.534. The van der Waals surface area contributed by atoms with Gasteiger partial charge in [0.1, 0.15) is 11.5 Å². The molecular weight excluding hydrogens is 386 g/mol. The molecule has 0 atom stereocenters. The largest absolute Gasteiger partial charge is 0.497 e. The second-order valence-electron chi connectivity index (χ2n) is 6.16. The molecule has 0 amide bonds. The molecule has 0 N–H and O–H groups in total. The Kier molecular flexibility index (Phi) is 6.34. The molecule has 0 aliphatic carbocycles. The van der Waals surface area contributed by atoms with E-state index in [0.717, 1.165) is 0 Å². The fraction of sp³-hybridized carbons (Fsp3) is 0.0435. The predicted molar refractivity (Wildman–Crippen MR) is 111 cm³/mol. The summed E-state index contributed by atoms with van der Waals surface area (Å²) in [6.45, 7) is 0. The number of benzene rings is 3. The van der Waals surface area contributed by atoms with Crippen LogP contribution in [0.15, 0.2) is 78.9 Å². The maximum absolute atomic E-state index is 12.3. The average Bonchev–Trinajstić information content (AvgIpc) is 2.78. The van der Waals surface area contributed by atoms with Crippen molar-refractivity contribution in [2.45, 2.75) is 0 Å². The summed E-state index contributed by atoms with van der Waals surface area (Å²) in [4.78, 5) is 35.1. The Morgan fingerprint density at radius 2 is 1.47 bits per heavy atom. The van der Waals surface area contributed by atoms with Gasteiger partial charge in [0.2, 0.25) is 0 Å². The third kappa shape index (κ3) is 4.96. The highest BCUT2D eigenvalue weighted by atomic mass is 16.6. The molecule has 30 heavy (non-hydrogen) atoms. The van der Waals surface area contributed by atoms with Crippen molar-refractivity contribution in [2.75, 3.05) is 7.11 Å². The first-order valence-corrected chi connectivity index (χ1v) is 8.90. The predicted octanol–water partition coefficient (Wildman–Crippen LogP) is 4.72. The van der Waals surface area contributed by atoms with Crippen LogP contribution >= 0.6 is 0 Å². The van der Waals surface area contributed by atoms with Gasteiger partial charge in [-0.3, -0.25) is 14.9 Å². The third-order valence-electron chi connectivity index (χ3n) is 4.22. The Balaban J connectivity index is 1.67. The molecule has 3 aromatic rings. The van der Waals surface area contributed by atoms with E-state index in [1.807, 2.05) is 0 Å². The molecule has 150 valence electrons. The van der Waals surface area contributed by atoms with Crippen LogP contribution < -0.4 is 9.47 Å². The minimum absolute atomic E-state index is 0.0812. The van der Waals surface area contributed by atoms with Gasteiger partial charge in [-0.2, -0.15) is 0 Å². The van der Waals surface area contributed by atoms with Crippen molar-refractivity contribution in [2.24, 2.45) is 0 Å². The quantitative estimate of drug-likeness (QED) is 0.141. The molecule has 0 fully saturated rings. The van der Waals surface area contributed by atoms with Gasteiger partial charge < -0.3 is 9.47 Å². The first kappa shape index (κ1) is 20.5. The first-order chi connectivity index (χ1) is 14.5. The van der Waals surface area contributed by atoms with E-state index in [4.69, 9.17) is 9.47 Å². The molecule has 0 radical (unpaired) electrons. The van der Waals surface area contributed by atoms with Gasteiger partial charge in [0.15, 0.2) is 5.78 Å². The summed E-state index contributed by atoms with van der Waals surface area (Å²) >= 11 is 0. The molecular formula is C23H17NO6. The molecule has 3 rings (SSSR count). The van der Waals surface area contributed by atoms with Crippen molar-refractivity contribution in [1.29, 1.82) is 0 Å². The van der Waals surface area contributed by atoms with E-state index in [2.05, 4.69) is 0 Å². The Labute approximate surface area is 172 Å². The lowest BCUT2D eigenvalue weighted by atomic mass is 10.1. The van der Waals surface area contributed by atoms with E-state index in [1.54, 1.807) is 42.5 Å². The standard InChI is InChI=1S/C23H17NO6/c1-29-19-11-8-18(9-12-19)23(26)30-20-13-6-17(7-14-20)22(25)15-10-16-4-2-3-5-21(16)24(27)28/h2-15H,1H3/b15-10+. The van der Waals surface area contributed by atoms with Gasteiger partial charge in [0.05, 0.1) is 23.2 Å². The number of allylic oxidation sites excluding steroid dienone is 1. The number of ketones is 1. The highest BCUT2D eigenvalue weighted by molar-refractivity contribution is 6.07. The summed E-state index contributed by atoms with van der Waals surface area (Å²) < 4.78 is 10.3. The topological polar surface area (TPSA) is 95.7 Å². The molecule has 0 aliphatic heterocycles. The normalized spacial score (nSPS) is 10.6. The smallest absolute Gasteiger partial charge is 0.343 e. The molecule has 0 unspecified atom stereocenters. The highest BCUT2D eigenvalue weighted by Gasteiger charge is 2.11. The Morgan fingerprint density at radius 3 is 2.10 bits per heavy atom. The zero-order chi connectivity index (χ0) is 21.5. The lowest BCUT2D eigenvalue weighted by Crippen LogP contribution is -2.08. The molecule has 0 saturated carbocycles. The fourth-order valence-electron chi connectivity index (χ4n) is 2.64. The maximum atomic E-state index is 12.3. The number of rotatable bonds is 7. The molecule has 0 aromatic heterocycles. The summed E-state index contributed by atoms with van der Waals surface area (Å²) in [6.07, 6.45) is 2.67. The molecule has 0 saturated heterocycles. The summed E-state index contributed by atoms with van der Waals surface area (Å²) in [5, 5.41) is 11.0. The SMILES string of the molecule is COc1ccc(C(=O)Oc2ccc(C(=O)/C=C/c3ccccc3[N+](=O)[O-])cc2)cc1. The number of nitro benzene ring substituents is 1. The van der Waals surface area contributed by atoms with E-state index in [-0.39, 0.29) is 17.2 Å². The molecule has 3 aromatic carbocycles. The lowest BCUT2D eigenvalue weighted by molar-refractivity contribution is -0.385. The van der Waals surface area contributed by atoms with Crippen LogP contribution in [-0.2, 0) is 0 Å². The number of para-hydroxylation sites is 1. The van der Waals surface area contributed by atoms with E-state index >= 15 is 0 Å². The number of carbonyl (C=O) groups excluding carboxylic acids is 2. The van der Waals surface area contributed by atoms with Gasteiger partial charge in [-0.25, -0.2) is 4.79 Å². The molecule has 7 heteroatoms. The van der Waals surface area contributed by atoms with E-state index in [9.17, 15) is 19.7 Å². The van der Waals surface area contributed by atoms with Crippen LogP contribution in [0.2, 0.25) is 0 Å². The zero-order valence-corrected chi connectivity index (χ0v) is 16.0. The van der Waals surface area contributed by atoms with Crippen LogP contribution in [-0.4, -0.2) is 23.8 Å². The van der Waals surface area contributed by atoms with Crippen LogP contribution in [0, 0.1) is 10.1 Å². The fourth-order valence-corrected chi connectivity index (χ4v) is 2.64. The number of nitrogens with zero attached hydrogens (tertiary/aromatic N) is 1. The highest BCUT2D eigenvalue weighted by Crippen LogP contribution is 2.20. The number of nitro groups is 1. The maximum Gasteiger partial charge on any atom is 0.343 e. The Morgan fingerprint density at radius 1 is 0.867 bits per heavy atom. The van der Waals surface area contributed by atoms with Crippen molar-refractivity contribution in [3.05, 3.63) is 106 Å². The van der Waals surface area contributed by atoms with Gasteiger partial charge >= 0.3 is 5.97 Å². The van der Waals surface area contributed by atoms with Crippen molar-refractivity contribution in [3.8, 4) is 11.5 Å². The van der Waals surface area contributed by atoms with E-state index in [0.29, 0.717) is 22.4 Å². The van der Waals surface area contributed by atoms with Gasteiger partial charge in [-0.15, -0.1) is 0 Å². The molecule has 0 heterocycles. The first-order valence-electron chi connectivity index (χ1n) is 8.90.